The number of nitrogens with one attached hydrogen (secondary N) is 2. The van der Waals surface area contributed by atoms with E-state index in [1.54, 1.807) is 12.4 Å². The molecule has 0 bridgehead atoms. The number of carbonyl (C=O) groups excluding carboxylic acids is 1. The highest BCUT2D eigenvalue weighted by Crippen LogP contribution is 2.32. The molecule has 0 aliphatic heterocycles. The average Bonchev–Trinajstić information content (AvgIpc) is 3.27. The summed E-state index contributed by atoms with van der Waals surface area (Å²) in [5, 5.41) is 5.81. The summed E-state index contributed by atoms with van der Waals surface area (Å²) in [6, 6.07) is 21.6. The third-order valence-electron chi connectivity index (χ3n) is 5.66. The fourth-order valence-electron chi connectivity index (χ4n) is 4.12. The number of hydrogen-bond acceptors (Lipinski definition) is 5. The number of aromatic nitrogens is 4. The molecule has 34 heavy (non-hydrogen) atoms. The number of pyridine rings is 1. The topological polar surface area (TPSA) is 92.8 Å². The van der Waals surface area contributed by atoms with Gasteiger partial charge in [-0.3, -0.25) is 9.78 Å². The monoisotopic (exact) mass is 445 g/mol. The molecule has 1 amide bonds. The third-order valence-corrected chi connectivity index (χ3v) is 5.66. The third kappa shape index (κ3) is 3.59. The first kappa shape index (κ1) is 19.9. The summed E-state index contributed by atoms with van der Waals surface area (Å²) < 4.78 is 6.07. The highest BCUT2D eigenvalue weighted by atomic mass is 16.5. The van der Waals surface area contributed by atoms with Crippen molar-refractivity contribution in [3.63, 3.8) is 0 Å². The smallest absolute Gasteiger partial charge is 0.238 e. The number of benzene rings is 3. The van der Waals surface area contributed by atoms with Crippen LogP contribution in [0.1, 0.15) is 6.92 Å². The minimum Gasteiger partial charge on any atom is -0.437 e. The molecule has 6 rings (SSSR count). The summed E-state index contributed by atoms with van der Waals surface area (Å²) in [6.45, 7) is 1.49. The van der Waals surface area contributed by atoms with Gasteiger partial charge in [-0.25, -0.2) is 9.97 Å². The number of carbonyl (C=O) groups is 1. The van der Waals surface area contributed by atoms with E-state index in [4.69, 9.17) is 9.72 Å². The molecule has 3 heterocycles. The van der Waals surface area contributed by atoms with Crippen LogP contribution in [0, 0.1) is 0 Å². The Bertz CT molecular complexity index is 1710. The summed E-state index contributed by atoms with van der Waals surface area (Å²) in [6.07, 6.45) is 5.28. The van der Waals surface area contributed by atoms with Gasteiger partial charge in [-0.1, -0.05) is 30.3 Å². The van der Waals surface area contributed by atoms with Crippen molar-refractivity contribution in [2.45, 2.75) is 6.92 Å². The zero-order valence-electron chi connectivity index (χ0n) is 18.2. The molecule has 0 fully saturated rings. The van der Waals surface area contributed by atoms with Gasteiger partial charge in [0.2, 0.25) is 11.8 Å². The van der Waals surface area contributed by atoms with Crippen molar-refractivity contribution in [2.75, 3.05) is 5.32 Å². The molecule has 0 spiro atoms. The van der Waals surface area contributed by atoms with Gasteiger partial charge in [-0.15, -0.1) is 0 Å². The largest absolute Gasteiger partial charge is 0.437 e. The Morgan fingerprint density at radius 1 is 0.971 bits per heavy atom. The number of hydrogen-bond donors (Lipinski definition) is 2. The lowest BCUT2D eigenvalue weighted by molar-refractivity contribution is -0.114. The van der Waals surface area contributed by atoms with Crippen molar-refractivity contribution in [3.05, 3.63) is 85.3 Å². The Balaban J connectivity index is 1.38. The van der Waals surface area contributed by atoms with Crippen molar-refractivity contribution in [2.24, 2.45) is 0 Å². The molecule has 3 aromatic carbocycles. The van der Waals surface area contributed by atoms with Crippen LogP contribution in [0.2, 0.25) is 0 Å². The fraction of sp³-hybridized carbons (Fsp3) is 0.0370. The van der Waals surface area contributed by atoms with E-state index in [1.165, 1.54) is 6.92 Å². The van der Waals surface area contributed by atoms with Gasteiger partial charge in [0, 0.05) is 41.3 Å². The van der Waals surface area contributed by atoms with Crippen LogP contribution in [0.5, 0.6) is 11.6 Å². The SMILES string of the molecule is CC(=O)Nc1cccc2ccc(Oc3cnc4[nH]cc(-c5ccc6ncccc6c5)c4n3)cc12. The van der Waals surface area contributed by atoms with Gasteiger partial charge in [0.1, 0.15) is 11.3 Å². The maximum Gasteiger partial charge on any atom is 0.238 e. The van der Waals surface area contributed by atoms with Crippen LogP contribution in [-0.2, 0) is 4.79 Å². The first-order valence-corrected chi connectivity index (χ1v) is 10.8. The van der Waals surface area contributed by atoms with E-state index in [9.17, 15) is 4.79 Å². The van der Waals surface area contributed by atoms with Crippen LogP contribution >= 0.6 is 0 Å². The number of ether oxygens (including phenoxy) is 1. The molecule has 0 saturated carbocycles. The van der Waals surface area contributed by atoms with E-state index in [1.807, 2.05) is 66.9 Å². The Morgan fingerprint density at radius 3 is 2.79 bits per heavy atom. The van der Waals surface area contributed by atoms with E-state index in [0.29, 0.717) is 17.3 Å². The summed E-state index contributed by atoms with van der Waals surface area (Å²) in [5.74, 6) is 0.861. The van der Waals surface area contributed by atoms with E-state index in [0.717, 1.165) is 44.0 Å². The molecule has 0 radical (unpaired) electrons. The summed E-state index contributed by atoms with van der Waals surface area (Å²) in [4.78, 5) is 28.4. The molecule has 2 N–H and O–H groups in total. The quantitative estimate of drug-likeness (QED) is 0.343. The Morgan fingerprint density at radius 2 is 1.88 bits per heavy atom. The van der Waals surface area contributed by atoms with Gasteiger partial charge in [0.25, 0.3) is 0 Å². The van der Waals surface area contributed by atoms with Gasteiger partial charge in [-0.2, -0.15) is 0 Å². The van der Waals surface area contributed by atoms with Crippen molar-refractivity contribution in [1.82, 2.24) is 19.9 Å². The number of amides is 1. The van der Waals surface area contributed by atoms with Crippen molar-refractivity contribution < 1.29 is 9.53 Å². The lowest BCUT2D eigenvalue weighted by Crippen LogP contribution is -2.05. The van der Waals surface area contributed by atoms with E-state index in [2.05, 4.69) is 26.3 Å². The molecule has 7 heteroatoms. The maximum absolute atomic E-state index is 11.6. The summed E-state index contributed by atoms with van der Waals surface area (Å²) in [7, 11) is 0. The molecule has 7 nitrogen and oxygen atoms in total. The number of rotatable bonds is 4. The van der Waals surface area contributed by atoms with E-state index < -0.39 is 0 Å². The molecule has 3 aromatic heterocycles. The number of aromatic amines is 1. The molecule has 0 saturated heterocycles. The highest BCUT2D eigenvalue weighted by Gasteiger charge is 2.12. The van der Waals surface area contributed by atoms with Gasteiger partial charge < -0.3 is 15.0 Å². The molecule has 0 atom stereocenters. The molecule has 0 aliphatic rings. The second-order valence-electron chi connectivity index (χ2n) is 7.99. The summed E-state index contributed by atoms with van der Waals surface area (Å²) >= 11 is 0. The van der Waals surface area contributed by atoms with Crippen LogP contribution in [0.15, 0.2) is 85.3 Å². The highest BCUT2D eigenvalue weighted by molar-refractivity contribution is 6.02. The van der Waals surface area contributed by atoms with Crippen LogP contribution in [0.4, 0.5) is 5.69 Å². The predicted molar refractivity (Wildman–Crippen MR) is 133 cm³/mol. The minimum atomic E-state index is -0.125. The zero-order chi connectivity index (χ0) is 23.1. The van der Waals surface area contributed by atoms with Crippen LogP contribution in [-0.4, -0.2) is 25.8 Å². The first-order valence-electron chi connectivity index (χ1n) is 10.8. The lowest BCUT2D eigenvalue weighted by Gasteiger charge is -2.10. The molecule has 6 aromatic rings. The van der Waals surface area contributed by atoms with Gasteiger partial charge >= 0.3 is 0 Å². The second-order valence-corrected chi connectivity index (χ2v) is 7.99. The van der Waals surface area contributed by atoms with Crippen molar-refractivity contribution >= 4 is 44.4 Å². The predicted octanol–water partition coefficient (Wildman–Crippen LogP) is 6.08. The average molecular weight is 445 g/mol. The standard InChI is InChI=1S/C27H19N5O2/c1-16(33)31-24-6-2-4-17-7-9-20(13-21(17)24)34-25-15-30-27-26(32-25)22(14-29-27)18-8-10-23-19(12-18)5-3-11-28-23/h2-15H,1H3,(H,29,30)(H,31,33). The molecular weight excluding hydrogens is 426 g/mol. The lowest BCUT2D eigenvalue weighted by atomic mass is 10.1. The van der Waals surface area contributed by atoms with Gasteiger partial charge in [-0.05, 0) is 47.3 Å². The normalized spacial score (nSPS) is 11.2. The molecule has 0 unspecified atom stereocenters. The Labute approximate surface area is 194 Å². The van der Waals surface area contributed by atoms with Crippen LogP contribution in [0.3, 0.4) is 0 Å². The molecule has 164 valence electrons. The minimum absolute atomic E-state index is 0.125. The van der Waals surface area contributed by atoms with Crippen LogP contribution < -0.4 is 10.1 Å². The Hall–Kier alpha value is -4.78. The first-order chi connectivity index (χ1) is 16.6. The maximum atomic E-state index is 11.6. The van der Waals surface area contributed by atoms with Crippen molar-refractivity contribution in [1.29, 1.82) is 0 Å². The fourth-order valence-corrected chi connectivity index (χ4v) is 4.12. The van der Waals surface area contributed by atoms with E-state index >= 15 is 0 Å². The number of H-pyrrole nitrogens is 1. The number of fused-ring (bicyclic) bond motifs is 3. The van der Waals surface area contributed by atoms with E-state index in [-0.39, 0.29) is 5.91 Å². The number of nitrogens with zero attached hydrogens (tertiary/aromatic N) is 3. The second kappa shape index (κ2) is 7.97. The Kier molecular flexibility index (Phi) is 4.66. The number of anilines is 1. The van der Waals surface area contributed by atoms with Gasteiger partial charge in [0.15, 0.2) is 5.65 Å². The molecular formula is C27H19N5O2. The zero-order valence-corrected chi connectivity index (χ0v) is 18.2. The van der Waals surface area contributed by atoms with Gasteiger partial charge in [0.05, 0.1) is 11.7 Å². The summed E-state index contributed by atoms with van der Waals surface area (Å²) in [5.41, 5.74) is 5.03. The van der Waals surface area contributed by atoms with Crippen LogP contribution in [0.25, 0.3) is 44.0 Å². The molecule has 0 aliphatic carbocycles. The van der Waals surface area contributed by atoms with Crippen molar-refractivity contribution in [3.8, 4) is 22.8 Å².